The van der Waals surface area contributed by atoms with E-state index >= 15 is 0 Å². The normalized spacial score (nSPS) is 13.9. The van der Waals surface area contributed by atoms with Crippen LogP contribution >= 0.6 is 15.9 Å². The lowest BCUT2D eigenvalue weighted by Gasteiger charge is -2.24. The Kier molecular flexibility index (Phi) is 4.77. The van der Waals surface area contributed by atoms with Gasteiger partial charge in [-0.05, 0) is 28.4 Å². The van der Waals surface area contributed by atoms with Gasteiger partial charge in [0.1, 0.15) is 28.7 Å². The van der Waals surface area contributed by atoms with E-state index in [1.807, 2.05) is 6.92 Å². The molecule has 2 N–H and O–H groups in total. The first kappa shape index (κ1) is 16.8. The smallest absolute Gasteiger partial charge is 0.164 e. The molecule has 126 valence electrons. The molecule has 0 aliphatic rings. The number of aromatic nitrogens is 4. The molecular weight excluding hydrogens is 377 g/mol. The van der Waals surface area contributed by atoms with E-state index in [4.69, 9.17) is 0 Å². The third-order valence-electron chi connectivity index (χ3n) is 3.94. The molecule has 2 aromatic heterocycles. The molecule has 0 amide bonds. The maximum atomic E-state index is 14.0. The molecule has 2 atom stereocenters. The third kappa shape index (κ3) is 2.99. The summed E-state index contributed by atoms with van der Waals surface area (Å²) >= 11 is 3.40. The highest BCUT2D eigenvalue weighted by Gasteiger charge is 2.24. The van der Waals surface area contributed by atoms with Crippen molar-refractivity contribution in [1.82, 2.24) is 19.7 Å². The average Bonchev–Trinajstić information content (AvgIpc) is 2.88. The first-order valence-electron chi connectivity index (χ1n) is 7.55. The topological polar surface area (TPSA) is 75.9 Å². The first-order chi connectivity index (χ1) is 11.5. The molecule has 0 unspecified atom stereocenters. The van der Waals surface area contributed by atoms with E-state index in [2.05, 4.69) is 36.3 Å². The minimum Gasteiger partial charge on any atom is -0.386 e. The van der Waals surface area contributed by atoms with Crippen LogP contribution in [0.4, 0.5) is 10.2 Å². The molecule has 0 saturated heterocycles. The van der Waals surface area contributed by atoms with Crippen LogP contribution in [0.25, 0.3) is 11.0 Å². The summed E-state index contributed by atoms with van der Waals surface area (Å²) in [5, 5.41) is 18.8. The van der Waals surface area contributed by atoms with E-state index in [-0.39, 0.29) is 5.56 Å². The Labute approximate surface area is 146 Å². The molecule has 24 heavy (non-hydrogen) atoms. The van der Waals surface area contributed by atoms with E-state index in [9.17, 15) is 9.50 Å². The highest BCUT2D eigenvalue weighted by atomic mass is 79.9. The van der Waals surface area contributed by atoms with Crippen molar-refractivity contribution in [1.29, 1.82) is 0 Å². The lowest BCUT2D eigenvalue weighted by atomic mass is 9.99. The number of nitrogens with one attached hydrogen (secondary N) is 1. The van der Waals surface area contributed by atoms with Gasteiger partial charge in [-0.1, -0.05) is 25.1 Å². The van der Waals surface area contributed by atoms with Crippen LogP contribution in [0.3, 0.4) is 0 Å². The fraction of sp³-hybridized carbons (Fsp3) is 0.312. The number of aliphatic hydroxyl groups is 1. The number of anilines is 1. The SMILES string of the molecule is CC[C@H](Nc1ncnc2c1c(Br)nn2C)[C@@H](O)c1ccccc1F. The van der Waals surface area contributed by atoms with Crippen molar-refractivity contribution >= 4 is 32.8 Å². The Hall–Kier alpha value is -2.06. The molecule has 3 aromatic rings. The number of fused-ring (bicyclic) bond motifs is 1. The van der Waals surface area contributed by atoms with Gasteiger partial charge in [0.05, 0.1) is 11.4 Å². The molecular formula is C16H17BrFN5O. The molecule has 0 fully saturated rings. The summed E-state index contributed by atoms with van der Waals surface area (Å²) in [5.41, 5.74) is 0.919. The second-order valence-electron chi connectivity index (χ2n) is 5.46. The number of hydrogen-bond donors (Lipinski definition) is 2. The molecule has 3 rings (SSSR count). The summed E-state index contributed by atoms with van der Waals surface area (Å²) in [4.78, 5) is 8.47. The molecule has 0 aliphatic heterocycles. The van der Waals surface area contributed by atoms with Crippen molar-refractivity contribution in [2.45, 2.75) is 25.5 Å². The summed E-state index contributed by atoms with van der Waals surface area (Å²) in [6.45, 7) is 1.92. The number of nitrogens with zero attached hydrogens (tertiary/aromatic N) is 4. The van der Waals surface area contributed by atoms with Gasteiger partial charge in [-0.25, -0.2) is 19.0 Å². The molecule has 0 spiro atoms. The van der Waals surface area contributed by atoms with Gasteiger partial charge in [-0.15, -0.1) is 0 Å². The van der Waals surface area contributed by atoms with Gasteiger partial charge in [-0.2, -0.15) is 5.10 Å². The van der Waals surface area contributed by atoms with E-state index in [1.165, 1.54) is 12.4 Å². The lowest BCUT2D eigenvalue weighted by molar-refractivity contribution is 0.148. The Morgan fingerprint density at radius 3 is 2.79 bits per heavy atom. The third-order valence-corrected chi connectivity index (χ3v) is 4.50. The largest absolute Gasteiger partial charge is 0.386 e. The highest BCUT2D eigenvalue weighted by Crippen LogP contribution is 2.30. The zero-order valence-electron chi connectivity index (χ0n) is 13.2. The van der Waals surface area contributed by atoms with E-state index in [1.54, 1.807) is 29.9 Å². The summed E-state index contributed by atoms with van der Waals surface area (Å²) in [7, 11) is 1.79. The molecule has 2 heterocycles. The van der Waals surface area contributed by atoms with Crippen LogP contribution in [-0.4, -0.2) is 30.9 Å². The van der Waals surface area contributed by atoms with E-state index in [0.29, 0.717) is 22.5 Å². The average molecular weight is 394 g/mol. The predicted octanol–water partition coefficient (Wildman–Crippen LogP) is 3.19. The van der Waals surface area contributed by atoms with Gasteiger partial charge in [0.15, 0.2) is 5.65 Å². The number of halogens is 2. The molecule has 0 aliphatic carbocycles. The van der Waals surface area contributed by atoms with Gasteiger partial charge in [-0.3, -0.25) is 0 Å². The zero-order valence-corrected chi connectivity index (χ0v) is 14.8. The maximum absolute atomic E-state index is 14.0. The maximum Gasteiger partial charge on any atom is 0.164 e. The van der Waals surface area contributed by atoms with Crippen LogP contribution in [0.5, 0.6) is 0 Å². The van der Waals surface area contributed by atoms with Crippen LogP contribution < -0.4 is 5.32 Å². The van der Waals surface area contributed by atoms with Crippen LogP contribution in [0, 0.1) is 5.82 Å². The number of benzene rings is 1. The molecule has 0 radical (unpaired) electrons. The van der Waals surface area contributed by atoms with Gasteiger partial charge in [0.2, 0.25) is 0 Å². The highest BCUT2D eigenvalue weighted by molar-refractivity contribution is 9.10. The standard InChI is InChI=1S/C16H17BrFN5O/c1-3-11(13(24)9-6-4-5-7-10(9)18)21-15-12-14(17)22-23(2)16(12)20-8-19-15/h4-8,11,13,24H,3H2,1-2H3,(H,19,20,21)/t11-,13-/m0/s1. The Morgan fingerprint density at radius 2 is 2.08 bits per heavy atom. The van der Waals surface area contributed by atoms with Crippen LogP contribution in [0.15, 0.2) is 35.2 Å². The summed E-state index contributed by atoms with van der Waals surface area (Å²) < 4.78 is 16.2. The molecule has 1 aromatic carbocycles. The summed E-state index contributed by atoms with van der Waals surface area (Å²) in [5.74, 6) is 0.114. The number of aliphatic hydroxyl groups excluding tert-OH is 1. The fourth-order valence-corrected chi connectivity index (χ4v) is 3.26. The molecule has 8 heteroatoms. The molecule has 0 saturated carbocycles. The number of aryl methyl sites for hydroxylation is 1. The van der Waals surface area contributed by atoms with Crippen molar-refractivity contribution in [3.8, 4) is 0 Å². The first-order valence-corrected chi connectivity index (χ1v) is 8.34. The number of rotatable bonds is 5. The second kappa shape index (κ2) is 6.82. The van der Waals surface area contributed by atoms with Gasteiger partial charge in [0, 0.05) is 12.6 Å². The molecule has 6 nitrogen and oxygen atoms in total. The minimum absolute atomic E-state index is 0.257. The van der Waals surface area contributed by atoms with Crippen molar-refractivity contribution in [3.63, 3.8) is 0 Å². The second-order valence-corrected chi connectivity index (χ2v) is 6.21. The minimum atomic E-state index is -1.00. The van der Waals surface area contributed by atoms with Gasteiger partial charge >= 0.3 is 0 Å². The van der Waals surface area contributed by atoms with E-state index in [0.717, 1.165) is 5.39 Å². The summed E-state index contributed by atoms with van der Waals surface area (Å²) in [6.07, 6.45) is 1.01. The van der Waals surface area contributed by atoms with Crippen molar-refractivity contribution in [2.24, 2.45) is 7.05 Å². The Balaban J connectivity index is 1.95. The quantitative estimate of drug-likeness (QED) is 0.695. The van der Waals surface area contributed by atoms with Gasteiger partial charge < -0.3 is 10.4 Å². The zero-order chi connectivity index (χ0) is 17.3. The van der Waals surface area contributed by atoms with Crippen molar-refractivity contribution in [3.05, 3.63) is 46.6 Å². The van der Waals surface area contributed by atoms with Crippen molar-refractivity contribution in [2.75, 3.05) is 5.32 Å². The van der Waals surface area contributed by atoms with Crippen LogP contribution in [-0.2, 0) is 7.05 Å². The van der Waals surface area contributed by atoms with E-state index < -0.39 is 18.0 Å². The lowest BCUT2D eigenvalue weighted by Crippen LogP contribution is -2.28. The Morgan fingerprint density at radius 1 is 1.33 bits per heavy atom. The monoisotopic (exact) mass is 393 g/mol. The Bertz CT molecular complexity index is 869. The van der Waals surface area contributed by atoms with Crippen LogP contribution in [0.1, 0.15) is 25.0 Å². The summed E-state index contributed by atoms with van der Waals surface area (Å²) in [6, 6.07) is 5.81. The van der Waals surface area contributed by atoms with Gasteiger partial charge in [0.25, 0.3) is 0 Å². The van der Waals surface area contributed by atoms with Crippen molar-refractivity contribution < 1.29 is 9.50 Å². The molecule has 0 bridgehead atoms. The predicted molar refractivity (Wildman–Crippen MR) is 93.1 cm³/mol. The fourth-order valence-electron chi connectivity index (χ4n) is 2.66. The van der Waals surface area contributed by atoms with Crippen LogP contribution in [0.2, 0.25) is 0 Å². The number of hydrogen-bond acceptors (Lipinski definition) is 5.